The molecule has 1 amide bonds. The number of carbonyl (C=O) groups is 1. The number of rotatable bonds is 6. The van der Waals surface area contributed by atoms with Crippen molar-refractivity contribution in [2.75, 3.05) is 19.9 Å². The Balaban J connectivity index is 1.26. The summed E-state index contributed by atoms with van der Waals surface area (Å²) in [6.07, 6.45) is 0.372. The molecule has 0 spiro atoms. The molecule has 8 nitrogen and oxygen atoms in total. The van der Waals surface area contributed by atoms with E-state index in [9.17, 15) is 4.79 Å². The number of aromatic nitrogens is 2. The lowest BCUT2D eigenvalue weighted by molar-refractivity contribution is -0.128. The Hall–Kier alpha value is -3.55. The van der Waals surface area contributed by atoms with Crippen molar-refractivity contribution in [3.63, 3.8) is 0 Å². The van der Waals surface area contributed by atoms with Crippen LogP contribution in [0.15, 0.2) is 47.0 Å². The summed E-state index contributed by atoms with van der Waals surface area (Å²) in [6, 6.07) is 13.3. The Morgan fingerprint density at radius 2 is 1.97 bits per heavy atom. The standard InChI is InChI=1S/C22H21N3O5/c1-2-27-17-6-3-14(4-7-17)11-25-12-16(10-20(25)26)21-23-22(30-24-21)15-5-8-18-19(9-15)29-13-28-18/h3-9,16H,2,10-13H2,1H3. The summed E-state index contributed by atoms with van der Waals surface area (Å²) >= 11 is 0. The minimum absolute atomic E-state index is 0.0864. The van der Waals surface area contributed by atoms with Crippen molar-refractivity contribution in [1.82, 2.24) is 15.0 Å². The molecule has 2 aromatic carbocycles. The fourth-order valence-corrected chi connectivity index (χ4v) is 3.72. The fourth-order valence-electron chi connectivity index (χ4n) is 3.72. The van der Waals surface area contributed by atoms with Gasteiger partial charge in [0, 0.05) is 31.0 Å². The van der Waals surface area contributed by atoms with E-state index in [0.717, 1.165) is 16.9 Å². The van der Waals surface area contributed by atoms with Crippen LogP contribution in [0, 0.1) is 0 Å². The van der Waals surface area contributed by atoms with Crippen molar-refractivity contribution in [3.05, 3.63) is 53.9 Å². The van der Waals surface area contributed by atoms with Gasteiger partial charge in [0.2, 0.25) is 12.7 Å². The van der Waals surface area contributed by atoms with Gasteiger partial charge in [0.15, 0.2) is 17.3 Å². The third-order valence-electron chi connectivity index (χ3n) is 5.25. The van der Waals surface area contributed by atoms with Gasteiger partial charge >= 0.3 is 0 Å². The predicted molar refractivity (Wildman–Crippen MR) is 106 cm³/mol. The number of amides is 1. The van der Waals surface area contributed by atoms with E-state index in [1.807, 2.05) is 54.3 Å². The van der Waals surface area contributed by atoms with E-state index in [4.69, 9.17) is 18.7 Å². The maximum absolute atomic E-state index is 12.5. The first-order valence-electron chi connectivity index (χ1n) is 9.92. The molecule has 1 atom stereocenters. The minimum atomic E-state index is -0.0910. The molecular formula is C22H21N3O5. The van der Waals surface area contributed by atoms with Gasteiger partial charge in [-0.1, -0.05) is 17.3 Å². The molecule has 3 heterocycles. The number of carbonyl (C=O) groups excluding carboxylic acids is 1. The van der Waals surface area contributed by atoms with Crippen molar-refractivity contribution < 1.29 is 23.5 Å². The molecule has 1 fully saturated rings. The number of nitrogens with zero attached hydrogens (tertiary/aromatic N) is 3. The highest BCUT2D eigenvalue weighted by molar-refractivity contribution is 5.79. The molecule has 0 N–H and O–H groups in total. The van der Waals surface area contributed by atoms with E-state index in [1.54, 1.807) is 0 Å². The van der Waals surface area contributed by atoms with Crippen molar-refractivity contribution >= 4 is 5.91 Å². The summed E-state index contributed by atoms with van der Waals surface area (Å²) in [5.74, 6) is 3.13. The summed E-state index contributed by atoms with van der Waals surface area (Å²) in [5.41, 5.74) is 1.81. The molecule has 30 heavy (non-hydrogen) atoms. The van der Waals surface area contributed by atoms with Crippen LogP contribution in [0.5, 0.6) is 17.2 Å². The molecule has 8 heteroatoms. The number of ether oxygens (including phenoxy) is 3. The van der Waals surface area contributed by atoms with Crippen LogP contribution in [-0.4, -0.2) is 40.9 Å². The number of likely N-dealkylation sites (tertiary alicyclic amines) is 1. The van der Waals surface area contributed by atoms with E-state index >= 15 is 0 Å². The number of hydrogen-bond acceptors (Lipinski definition) is 7. The second kappa shape index (κ2) is 7.70. The van der Waals surface area contributed by atoms with Gasteiger partial charge in [-0.05, 0) is 42.8 Å². The maximum Gasteiger partial charge on any atom is 0.258 e. The predicted octanol–water partition coefficient (Wildman–Crippen LogP) is 3.38. The number of hydrogen-bond donors (Lipinski definition) is 0. The van der Waals surface area contributed by atoms with Crippen molar-refractivity contribution in [2.24, 2.45) is 0 Å². The first kappa shape index (κ1) is 18.5. The molecule has 1 aromatic heterocycles. The van der Waals surface area contributed by atoms with Gasteiger partial charge in [0.25, 0.3) is 5.89 Å². The molecule has 2 aliphatic heterocycles. The van der Waals surface area contributed by atoms with Crippen LogP contribution in [0.1, 0.15) is 30.7 Å². The molecule has 0 bridgehead atoms. The zero-order valence-corrected chi connectivity index (χ0v) is 16.5. The average molecular weight is 407 g/mol. The Labute approximate surface area is 173 Å². The molecule has 1 saturated heterocycles. The SMILES string of the molecule is CCOc1ccc(CN2CC(c3noc(-c4ccc5c(c4)OCO5)n3)CC2=O)cc1. The average Bonchev–Trinajstić information content (AvgIpc) is 3.49. The lowest BCUT2D eigenvalue weighted by Crippen LogP contribution is -2.24. The normalized spacial score (nSPS) is 17.6. The van der Waals surface area contributed by atoms with E-state index in [0.29, 0.717) is 49.3 Å². The Morgan fingerprint density at radius 1 is 1.13 bits per heavy atom. The van der Waals surface area contributed by atoms with Gasteiger partial charge in [-0.25, -0.2) is 0 Å². The van der Waals surface area contributed by atoms with E-state index < -0.39 is 0 Å². The molecular weight excluding hydrogens is 386 g/mol. The van der Waals surface area contributed by atoms with Gasteiger partial charge in [0.05, 0.1) is 6.61 Å². The van der Waals surface area contributed by atoms with Crippen LogP contribution in [0.2, 0.25) is 0 Å². The molecule has 0 radical (unpaired) electrons. The lowest BCUT2D eigenvalue weighted by Gasteiger charge is -2.16. The lowest BCUT2D eigenvalue weighted by atomic mass is 10.1. The van der Waals surface area contributed by atoms with Crippen LogP contribution in [0.4, 0.5) is 0 Å². The van der Waals surface area contributed by atoms with Crippen LogP contribution in [0.25, 0.3) is 11.5 Å². The van der Waals surface area contributed by atoms with Crippen molar-refractivity contribution in [3.8, 4) is 28.7 Å². The monoisotopic (exact) mass is 407 g/mol. The summed E-state index contributed by atoms with van der Waals surface area (Å²) in [6.45, 7) is 3.90. The number of fused-ring (bicyclic) bond motifs is 1. The molecule has 154 valence electrons. The van der Waals surface area contributed by atoms with E-state index in [1.165, 1.54) is 0 Å². The minimum Gasteiger partial charge on any atom is -0.494 e. The Bertz CT molecular complexity index is 1060. The zero-order chi connectivity index (χ0) is 20.5. The van der Waals surface area contributed by atoms with Gasteiger partial charge in [-0.3, -0.25) is 4.79 Å². The third kappa shape index (κ3) is 3.56. The molecule has 3 aromatic rings. The Morgan fingerprint density at radius 3 is 2.80 bits per heavy atom. The van der Waals surface area contributed by atoms with E-state index in [2.05, 4.69) is 10.1 Å². The zero-order valence-electron chi connectivity index (χ0n) is 16.5. The van der Waals surface area contributed by atoms with E-state index in [-0.39, 0.29) is 18.6 Å². The van der Waals surface area contributed by atoms with Crippen LogP contribution in [-0.2, 0) is 11.3 Å². The van der Waals surface area contributed by atoms with Gasteiger partial charge in [0.1, 0.15) is 5.75 Å². The van der Waals surface area contributed by atoms with Crippen LogP contribution >= 0.6 is 0 Å². The van der Waals surface area contributed by atoms with Gasteiger partial charge < -0.3 is 23.6 Å². The Kier molecular flexibility index (Phi) is 4.74. The summed E-state index contributed by atoms with van der Waals surface area (Å²) < 4.78 is 21.6. The van der Waals surface area contributed by atoms with Gasteiger partial charge in [-0.2, -0.15) is 4.98 Å². The highest BCUT2D eigenvalue weighted by Crippen LogP contribution is 2.36. The molecule has 0 aliphatic carbocycles. The smallest absolute Gasteiger partial charge is 0.258 e. The summed E-state index contributed by atoms with van der Waals surface area (Å²) in [5, 5.41) is 4.12. The first-order chi connectivity index (χ1) is 14.7. The summed E-state index contributed by atoms with van der Waals surface area (Å²) in [7, 11) is 0. The molecule has 1 unspecified atom stereocenters. The quantitative estimate of drug-likeness (QED) is 0.619. The summed E-state index contributed by atoms with van der Waals surface area (Å²) in [4.78, 5) is 18.9. The fraction of sp³-hybridized carbons (Fsp3) is 0.318. The van der Waals surface area contributed by atoms with Gasteiger partial charge in [-0.15, -0.1) is 0 Å². The second-order valence-electron chi connectivity index (χ2n) is 7.28. The van der Waals surface area contributed by atoms with Crippen LogP contribution < -0.4 is 14.2 Å². The number of benzene rings is 2. The molecule has 0 saturated carbocycles. The molecule has 2 aliphatic rings. The van der Waals surface area contributed by atoms with Crippen LogP contribution in [0.3, 0.4) is 0 Å². The first-order valence-corrected chi connectivity index (χ1v) is 9.92. The largest absolute Gasteiger partial charge is 0.494 e. The third-order valence-corrected chi connectivity index (χ3v) is 5.25. The molecule has 5 rings (SSSR count). The van der Waals surface area contributed by atoms with Crippen molar-refractivity contribution in [1.29, 1.82) is 0 Å². The second-order valence-corrected chi connectivity index (χ2v) is 7.28. The van der Waals surface area contributed by atoms with Crippen molar-refractivity contribution in [2.45, 2.75) is 25.8 Å². The highest BCUT2D eigenvalue weighted by atomic mass is 16.7. The maximum atomic E-state index is 12.5. The topological polar surface area (TPSA) is 86.9 Å². The highest BCUT2D eigenvalue weighted by Gasteiger charge is 2.34.